The van der Waals surface area contributed by atoms with E-state index in [4.69, 9.17) is 0 Å². The van der Waals surface area contributed by atoms with Crippen LogP contribution in [0.25, 0.3) is 0 Å². The Hall–Kier alpha value is -0.570. The van der Waals surface area contributed by atoms with E-state index in [1.54, 1.807) is 0 Å². The number of hydrogen-bond donors (Lipinski definition) is 1. The molecule has 1 amide bonds. The van der Waals surface area contributed by atoms with Gasteiger partial charge in [0, 0.05) is 6.54 Å². The Labute approximate surface area is 99.6 Å². The number of nitrogens with zero attached hydrogens (tertiary/aromatic N) is 1. The number of hydrogen-bond acceptors (Lipinski definition) is 2. The molecule has 0 aliphatic carbocycles. The van der Waals surface area contributed by atoms with Gasteiger partial charge in [0.15, 0.2) is 0 Å². The summed E-state index contributed by atoms with van der Waals surface area (Å²) >= 11 is 0. The van der Waals surface area contributed by atoms with Crippen LogP contribution in [-0.4, -0.2) is 29.6 Å². The van der Waals surface area contributed by atoms with Crippen LogP contribution in [0.1, 0.15) is 59.3 Å². The molecule has 0 radical (unpaired) electrons. The minimum Gasteiger partial charge on any atom is -0.326 e. The number of unbranched alkanes of at least 4 members (excludes halogenated alkanes) is 5. The second-order valence-corrected chi connectivity index (χ2v) is 4.86. The fourth-order valence-electron chi connectivity index (χ4n) is 2.33. The molecule has 94 valence electrons. The lowest BCUT2D eigenvalue weighted by Gasteiger charge is -2.20. The van der Waals surface area contributed by atoms with Crippen molar-refractivity contribution in [3.63, 3.8) is 0 Å². The summed E-state index contributed by atoms with van der Waals surface area (Å²) < 4.78 is 0. The van der Waals surface area contributed by atoms with E-state index >= 15 is 0 Å². The quantitative estimate of drug-likeness (QED) is 0.677. The maximum absolute atomic E-state index is 11.7. The van der Waals surface area contributed by atoms with Crippen LogP contribution in [0.15, 0.2) is 0 Å². The summed E-state index contributed by atoms with van der Waals surface area (Å²) in [4.78, 5) is 13.7. The first kappa shape index (κ1) is 13.5. The Balaban J connectivity index is 2.10. The molecule has 0 bridgehead atoms. The highest BCUT2D eigenvalue weighted by molar-refractivity contribution is 5.83. The molecule has 2 atom stereocenters. The fourth-order valence-corrected chi connectivity index (χ4v) is 2.33. The van der Waals surface area contributed by atoms with Gasteiger partial charge in [-0.05, 0) is 20.3 Å². The van der Waals surface area contributed by atoms with Crippen molar-refractivity contribution >= 4 is 5.91 Å². The van der Waals surface area contributed by atoms with E-state index < -0.39 is 0 Å². The van der Waals surface area contributed by atoms with Gasteiger partial charge in [-0.3, -0.25) is 10.1 Å². The first-order valence-corrected chi connectivity index (χ1v) is 6.73. The zero-order valence-corrected chi connectivity index (χ0v) is 11.0. The molecule has 0 aromatic carbocycles. The lowest BCUT2D eigenvalue weighted by Crippen LogP contribution is -2.35. The third-order valence-electron chi connectivity index (χ3n) is 3.36. The van der Waals surface area contributed by atoms with Gasteiger partial charge in [-0.25, -0.2) is 0 Å². The van der Waals surface area contributed by atoms with E-state index in [-0.39, 0.29) is 18.1 Å². The van der Waals surface area contributed by atoms with Crippen LogP contribution in [0.4, 0.5) is 0 Å². The Morgan fingerprint density at radius 3 is 2.31 bits per heavy atom. The van der Waals surface area contributed by atoms with Crippen LogP contribution in [-0.2, 0) is 4.79 Å². The molecule has 16 heavy (non-hydrogen) atoms. The third-order valence-corrected chi connectivity index (χ3v) is 3.36. The first-order chi connectivity index (χ1) is 7.66. The SMILES string of the molecule is CCCCCCCCN1C(=O)C(C)NC1C. The Kier molecular flexibility index (Phi) is 5.81. The molecule has 1 saturated heterocycles. The molecule has 1 aliphatic heterocycles. The lowest BCUT2D eigenvalue weighted by atomic mass is 10.1. The minimum atomic E-state index is 0.00934. The highest BCUT2D eigenvalue weighted by atomic mass is 16.2. The van der Waals surface area contributed by atoms with E-state index in [0.29, 0.717) is 0 Å². The summed E-state index contributed by atoms with van der Waals surface area (Å²) in [5.41, 5.74) is 0. The van der Waals surface area contributed by atoms with Crippen molar-refractivity contribution < 1.29 is 4.79 Å². The number of carbonyl (C=O) groups excluding carboxylic acids is 1. The van der Waals surface area contributed by atoms with Gasteiger partial charge in [-0.15, -0.1) is 0 Å². The van der Waals surface area contributed by atoms with Crippen LogP contribution >= 0.6 is 0 Å². The summed E-state index contributed by atoms with van der Waals surface area (Å²) in [5.74, 6) is 0.265. The summed E-state index contributed by atoms with van der Waals surface area (Å²) in [6.45, 7) is 7.17. The highest BCUT2D eigenvalue weighted by Crippen LogP contribution is 2.12. The van der Waals surface area contributed by atoms with E-state index in [0.717, 1.165) is 13.0 Å². The van der Waals surface area contributed by atoms with Crippen LogP contribution in [0.3, 0.4) is 0 Å². The van der Waals surface area contributed by atoms with Gasteiger partial charge < -0.3 is 4.90 Å². The molecule has 3 heteroatoms. The molecule has 1 aliphatic rings. The zero-order valence-electron chi connectivity index (χ0n) is 11.0. The Morgan fingerprint density at radius 1 is 1.12 bits per heavy atom. The van der Waals surface area contributed by atoms with Gasteiger partial charge in [0.2, 0.25) is 5.91 Å². The molecule has 1 rings (SSSR count). The maximum atomic E-state index is 11.7. The maximum Gasteiger partial charge on any atom is 0.240 e. The summed E-state index contributed by atoms with van der Waals surface area (Å²) in [5, 5.41) is 3.25. The van der Waals surface area contributed by atoms with Crippen molar-refractivity contribution in [1.82, 2.24) is 10.2 Å². The highest BCUT2D eigenvalue weighted by Gasteiger charge is 2.32. The second-order valence-electron chi connectivity index (χ2n) is 4.86. The largest absolute Gasteiger partial charge is 0.326 e. The van der Waals surface area contributed by atoms with Crippen molar-refractivity contribution in [3.8, 4) is 0 Å². The molecule has 1 heterocycles. The van der Waals surface area contributed by atoms with Gasteiger partial charge in [0.05, 0.1) is 12.2 Å². The number of carbonyl (C=O) groups is 1. The van der Waals surface area contributed by atoms with Crippen LogP contribution < -0.4 is 5.32 Å². The fraction of sp³-hybridized carbons (Fsp3) is 0.923. The van der Waals surface area contributed by atoms with E-state index in [1.807, 2.05) is 11.8 Å². The standard InChI is InChI=1S/C13H26N2O/c1-4-5-6-7-8-9-10-15-12(3)14-11(2)13(15)16/h11-12,14H,4-10H2,1-3H3. The van der Waals surface area contributed by atoms with E-state index in [2.05, 4.69) is 19.2 Å². The molecule has 1 fully saturated rings. The number of amides is 1. The van der Waals surface area contributed by atoms with Crippen molar-refractivity contribution in [3.05, 3.63) is 0 Å². The molecular formula is C13H26N2O. The number of nitrogens with one attached hydrogen (secondary N) is 1. The van der Waals surface area contributed by atoms with Crippen molar-refractivity contribution in [2.75, 3.05) is 6.54 Å². The topological polar surface area (TPSA) is 32.3 Å². The molecular weight excluding hydrogens is 200 g/mol. The Bertz CT molecular complexity index is 218. The van der Waals surface area contributed by atoms with Crippen LogP contribution in [0.2, 0.25) is 0 Å². The van der Waals surface area contributed by atoms with Crippen molar-refractivity contribution in [2.45, 2.75) is 71.5 Å². The zero-order chi connectivity index (χ0) is 12.0. The van der Waals surface area contributed by atoms with Crippen LogP contribution in [0.5, 0.6) is 0 Å². The first-order valence-electron chi connectivity index (χ1n) is 6.73. The minimum absolute atomic E-state index is 0.00934. The van der Waals surface area contributed by atoms with Gasteiger partial charge in [0.1, 0.15) is 0 Å². The van der Waals surface area contributed by atoms with Gasteiger partial charge >= 0.3 is 0 Å². The lowest BCUT2D eigenvalue weighted by molar-refractivity contribution is -0.129. The molecule has 0 spiro atoms. The molecule has 3 nitrogen and oxygen atoms in total. The Morgan fingerprint density at radius 2 is 1.75 bits per heavy atom. The van der Waals surface area contributed by atoms with Gasteiger partial charge in [-0.2, -0.15) is 0 Å². The summed E-state index contributed by atoms with van der Waals surface area (Å²) in [6, 6.07) is 0.00934. The smallest absolute Gasteiger partial charge is 0.240 e. The number of rotatable bonds is 7. The van der Waals surface area contributed by atoms with Gasteiger partial charge in [-0.1, -0.05) is 39.0 Å². The normalized spacial score (nSPS) is 25.4. The summed E-state index contributed by atoms with van der Waals surface area (Å²) in [6.07, 6.45) is 7.92. The third kappa shape index (κ3) is 3.78. The molecule has 1 N–H and O–H groups in total. The van der Waals surface area contributed by atoms with Crippen molar-refractivity contribution in [1.29, 1.82) is 0 Å². The average molecular weight is 226 g/mol. The second kappa shape index (κ2) is 6.89. The monoisotopic (exact) mass is 226 g/mol. The predicted octanol–water partition coefficient (Wildman–Crippen LogP) is 2.51. The van der Waals surface area contributed by atoms with Crippen molar-refractivity contribution in [2.24, 2.45) is 0 Å². The van der Waals surface area contributed by atoms with E-state index in [1.165, 1.54) is 32.1 Å². The molecule has 0 saturated carbocycles. The molecule has 2 unspecified atom stereocenters. The molecule has 0 aromatic heterocycles. The molecule has 0 aromatic rings. The van der Waals surface area contributed by atoms with Gasteiger partial charge in [0.25, 0.3) is 0 Å². The van der Waals surface area contributed by atoms with E-state index in [9.17, 15) is 4.79 Å². The predicted molar refractivity (Wildman–Crippen MR) is 67.1 cm³/mol. The summed E-state index contributed by atoms with van der Waals surface area (Å²) in [7, 11) is 0. The van der Waals surface area contributed by atoms with Crippen LogP contribution in [0, 0.1) is 0 Å². The average Bonchev–Trinajstić information content (AvgIpc) is 2.49.